The summed E-state index contributed by atoms with van der Waals surface area (Å²) in [7, 11) is 1.46. The fourth-order valence-corrected chi connectivity index (χ4v) is 7.68. The number of rotatable bonds is 46. The molecule has 59 heavy (non-hydrogen) atoms. The lowest BCUT2D eigenvalue weighted by Crippen LogP contribution is -2.37. The molecule has 0 saturated carbocycles. The van der Waals surface area contributed by atoms with E-state index in [2.05, 4.69) is 13.8 Å². The van der Waals surface area contributed by atoms with Crippen LogP contribution in [0.2, 0.25) is 0 Å². The average molecular weight is 865 g/mol. The molecule has 0 aliphatic carbocycles. The summed E-state index contributed by atoms with van der Waals surface area (Å²) in [5, 5.41) is 10.3. The molecule has 0 aliphatic heterocycles. The van der Waals surface area contributed by atoms with Gasteiger partial charge in [0.05, 0.1) is 41.0 Å². The third kappa shape index (κ3) is 44.8. The smallest absolute Gasteiger partial charge is 0.462 e. The van der Waals surface area contributed by atoms with Crippen LogP contribution >= 0.6 is 7.82 Å². The Morgan fingerprint density at radius 2 is 0.881 bits per heavy atom. The van der Waals surface area contributed by atoms with Crippen molar-refractivity contribution in [1.82, 2.24) is 0 Å². The minimum Gasteiger partial charge on any atom is -0.462 e. The highest BCUT2D eigenvalue weighted by Gasteiger charge is 2.25. The van der Waals surface area contributed by atoms with E-state index in [-0.39, 0.29) is 44.8 Å². The number of phosphoric acid groups is 1. The van der Waals surface area contributed by atoms with Crippen molar-refractivity contribution in [3.8, 4) is 0 Å². The van der Waals surface area contributed by atoms with Crippen LogP contribution in [0.3, 0.4) is 0 Å². The lowest BCUT2D eigenvalue weighted by molar-refractivity contribution is -0.870. The van der Waals surface area contributed by atoms with Gasteiger partial charge in [0.15, 0.2) is 6.10 Å². The highest BCUT2D eigenvalue weighted by atomic mass is 31.2. The Balaban J connectivity index is 4.44. The Morgan fingerprint density at radius 3 is 1.27 bits per heavy atom. The molecule has 0 aromatic rings. The van der Waals surface area contributed by atoms with Crippen LogP contribution in [-0.4, -0.2) is 99.4 Å². The highest BCUT2D eigenvalue weighted by molar-refractivity contribution is 7.47. The predicted molar refractivity (Wildman–Crippen MR) is 241 cm³/mol. The van der Waals surface area contributed by atoms with Crippen molar-refractivity contribution in [2.45, 2.75) is 232 Å². The minimum absolute atomic E-state index is 0.0223. The first-order valence-corrected chi connectivity index (χ1v) is 25.9. The molecule has 0 amide bonds. The lowest BCUT2D eigenvalue weighted by Gasteiger charge is -2.24. The van der Waals surface area contributed by atoms with E-state index in [0.717, 1.165) is 38.5 Å². The number of hydrogen-bond donors (Lipinski definition) is 2. The molecule has 3 atom stereocenters. The number of ether oxygens (including phenoxy) is 3. The fraction of sp³-hybridized carbons (Fsp3) is 0.957. The van der Waals surface area contributed by atoms with E-state index in [1.807, 2.05) is 21.1 Å². The van der Waals surface area contributed by atoms with Crippen molar-refractivity contribution < 1.29 is 51.9 Å². The average Bonchev–Trinajstić information content (AvgIpc) is 3.18. The summed E-state index contributed by atoms with van der Waals surface area (Å²) in [5.74, 6) is -0.705. The molecular formula is C47H95NO10P+. The maximum Gasteiger partial charge on any atom is 0.472 e. The number of aliphatic hydroxyl groups is 1. The number of hydrogen-bond acceptors (Lipinski definition) is 9. The second kappa shape index (κ2) is 41.0. The molecule has 0 radical (unpaired) electrons. The van der Waals surface area contributed by atoms with Crippen LogP contribution in [0.5, 0.6) is 0 Å². The first-order valence-electron chi connectivity index (χ1n) is 24.4. The number of likely N-dealkylation sites (N-methyl/N-ethyl adjacent to an activating group) is 1. The lowest BCUT2D eigenvalue weighted by atomic mass is 10.0. The molecule has 2 N–H and O–H groups in total. The van der Waals surface area contributed by atoms with Crippen molar-refractivity contribution >= 4 is 19.8 Å². The normalized spacial score (nSPS) is 13.9. The van der Waals surface area contributed by atoms with E-state index >= 15 is 0 Å². The Kier molecular flexibility index (Phi) is 40.2. The monoisotopic (exact) mass is 865 g/mol. The van der Waals surface area contributed by atoms with Crippen LogP contribution in [0.15, 0.2) is 0 Å². The maximum absolute atomic E-state index is 12.8. The van der Waals surface area contributed by atoms with Crippen molar-refractivity contribution in [3.05, 3.63) is 0 Å². The summed E-state index contributed by atoms with van der Waals surface area (Å²) in [4.78, 5) is 35.3. The number of carbonyl (C=O) groups is 2. The van der Waals surface area contributed by atoms with Gasteiger partial charge >= 0.3 is 19.8 Å². The molecule has 0 aromatic heterocycles. The molecule has 0 bridgehead atoms. The SMILES string of the molecule is CCCCCCCCCCCCCCCCCC(=O)OCC(COCC(O)COP(=O)(O)OCC[N+](C)(C)C)OC(=O)CCCCCCCCCCCCCCCCC. The van der Waals surface area contributed by atoms with E-state index in [9.17, 15) is 24.2 Å². The standard InChI is InChI=1S/C47H94NO10P/c1-6-8-10-12-14-16-18-20-22-24-26-28-30-32-34-36-46(50)55-43-45(42-54-40-44(49)41-57-59(52,53)56-39-38-48(3,4)5)58-47(51)37-35-33-31-29-27-25-23-21-19-17-15-13-11-9-7-2/h44-45,49H,6-43H2,1-5H3/p+1. The Hall–Kier alpha value is -1.07. The van der Waals surface area contributed by atoms with Crippen LogP contribution in [0.25, 0.3) is 0 Å². The number of unbranched alkanes of at least 4 members (excludes halogenated alkanes) is 28. The first kappa shape index (κ1) is 57.9. The fourth-order valence-electron chi connectivity index (χ4n) is 6.93. The van der Waals surface area contributed by atoms with Crippen LogP contribution < -0.4 is 0 Å². The molecule has 3 unspecified atom stereocenters. The minimum atomic E-state index is -4.34. The van der Waals surface area contributed by atoms with Gasteiger partial charge in [-0.15, -0.1) is 0 Å². The molecule has 352 valence electrons. The van der Waals surface area contributed by atoms with Gasteiger partial charge in [-0.1, -0.05) is 194 Å². The summed E-state index contributed by atoms with van der Waals surface area (Å²) >= 11 is 0. The van der Waals surface area contributed by atoms with Crippen molar-refractivity contribution in [2.75, 3.05) is 60.7 Å². The highest BCUT2D eigenvalue weighted by Crippen LogP contribution is 2.43. The van der Waals surface area contributed by atoms with E-state index < -0.39 is 26.6 Å². The van der Waals surface area contributed by atoms with Crippen LogP contribution in [0.4, 0.5) is 0 Å². The molecule has 0 spiro atoms. The molecule has 0 aromatic carbocycles. The van der Waals surface area contributed by atoms with Crippen molar-refractivity contribution in [1.29, 1.82) is 0 Å². The molecule has 0 rings (SSSR count). The van der Waals surface area contributed by atoms with Gasteiger partial charge in [-0.3, -0.25) is 18.6 Å². The van der Waals surface area contributed by atoms with E-state index in [1.54, 1.807) is 0 Å². The number of aliphatic hydroxyl groups excluding tert-OH is 1. The summed E-state index contributed by atoms with van der Waals surface area (Å²) in [5.41, 5.74) is 0. The number of esters is 2. The molecule has 0 heterocycles. The van der Waals surface area contributed by atoms with Crippen LogP contribution in [-0.2, 0) is 37.4 Å². The number of quaternary nitrogens is 1. The Morgan fingerprint density at radius 1 is 0.508 bits per heavy atom. The largest absolute Gasteiger partial charge is 0.472 e. The van der Waals surface area contributed by atoms with Gasteiger partial charge in [0.1, 0.15) is 25.9 Å². The molecule has 0 aliphatic rings. The van der Waals surface area contributed by atoms with Gasteiger partial charge in [0.2, 0.25) is 0 Å². The van der Waals surface area contributed by atoms with E-state index in [0.29, 0.717) is 17.4 Å². The zero-order valence-electron chi connectivity index (χ0n) is 39.1. The zero-order valence-corrected chi connectivity index (χ0v) is 40.0. The number of phosphoric ester groups is 1. The quantitative estimate of drug-likeness (QED) is 0.0263. The molecule has 11 nitrogen and oxygen atoms in total. The molecule has 0 fully saturated rings. The zero-order chi connectivity index (χ0) is 43.7. The Labute approximate surface area is 363 Å². The predicted octanol–water partition coefficient (Wildman–Crippen LogP) is 12.2. The number of carbonyl (C=O) groups excluding carboxylic acids is 2. The van der Waals surface area contributed by atoms with E-state index in [1.165, 1.54) is 154 Å². The molecular weight excluding hydrogens is 769 g/mol. The van der Waals surface area contributed by atoms with Gasteiger partial charge in [-0.2, -0.15) is 0 Å². The third-order valence-corrected chi connectivity index (χ3v) is 11.7. The maximum atomic E-state index is 12.8. The summed E-state index contributed by atoms with van der Waals surface area (Å²) in [6.07, 6.45) is 36.0. The topological polar surface area (TPSA) is 138 Å². The van der Waals surface area contributed by atoms with Crippen molar-refractivity contribution in [3.63, 3.8) is 0 Å². The van der Waals surface area contributed by atoms with Crippen LogP contribution in [0, 0.1) is 0 Å². The number of nitrogens with zero attached hydrogens (tertiary/aromatic N) is 1. The summed E-state index contributed by atoms with van der Waals surface area (Å²) in [6, 6.07) is 0. The summed E-state index contributed by atoms with van der Waals surface area (Å²) in [6.45, 7) is 4.09. The van der Waals surface area contributed by atoms with Gasteiger partial charge in [-0.25, -0.2) is 4.57 Å². The second-order valence-corrected chi connectivity index (χ2v) is 19.5. The van der Waals surface area contributed by atoms with Gasteiger partial charge in [0, 0.05) is 12.8 Å². The Bertz CT molecular complexity index is 994. The molecule has 0 saturated heterocycles. The van der Waals surface area contributed by atoms with Gasteiger partial charge in [0.25, 0.3) is 0 Å². The van der Waals surface area contributed by atoms with Gasteiger partial charge < -0.3 is 28.7 Å². The first-order chi connectivity index (χ1) is 28.4. The molecule has 12 heteroatoms. The summed E-state index contributed by atoms with van der Waals surface area (Å²) < 4.78 is 39.4. The second-order valence-electron chi connectivity index (χ2n) is 18.0. The van der Waals surface area contributed by atoms with Crippen molar-refractivity contribution in [2.24, 2.45) is 0 Å². The van der Waals surface area contributed by atoms with E-state index in [4.69, 9.17) is 23.3 Å². The van der Waals surface area contributed by atoms with Gasteiger partial charge in [-0.05, 0) is 12.8 Å². The van der Waals surface area contributed by atoms with Crippen LogP contribution in [0.1, 0.15) is 219 Å². The third-order valence-electron chi connectivity index (χ3n) is 10.8.